The second-order valence-corrected chi connectivity index (χ2v) is 28.6. The van der Waals surface area contributed by atoms with Crippen LogP contribution in [-0.4, -0.2) is 148 Å². The lowest BCUT2D eigenvalue weighted by atomic mass is 9.81. The first kappa shape index (κ1) is 48.6. The minimum absolute atomic E-state index is 0.0150. The fourth-order valence-electron chi connectivity index (χ4n) is 13.5. The number of fused-ring (bicyclic) bond motifs is 7. The molecule has 0 aliphatic carbocycles. The number of methoxy groups -OCH3 is 1. The number of imide groups is 1. The first-order chi connectivity index (χ1) is 32.9. The first-order valence-electron chi connectivity index (χ1n) is 26.2. The molecule has 378 valence electrons. The lowest BCUT2D eigenvalue weighted by Gasteiger charge is -2.47. The minimum Gasteiger partial charge on any atom is -0.412 e. The molecular formula is C54H75NO13Si. The van der Waals surface area contributed by atoms with Gasteiger partial charge in [0, 0.05) is 51.6 Å². The van der Waals surface area contributed by atoms with E-state index in [2.05, 4.69) is 53.9 Å². The van der Waals surface area contributed by atoms with Crippen molar-refractivity contribution in [1.82, 2.24) is 4.90 Å². The molecule has 14 nitrogen and oxygen atoms in total. The molecule has 19 atom stereocenters. The van der Waals surface area contributed by atoms with Crippen molar-refractivity contribution in [2.75, 3.05) is 13.7 Å². The maximum atomic E-state index is 14.7. The van der Waals surface area contributed by atoms with Gasteiger partial charge in [0.15, 0.2) is 14.1 Å². The lowest BCUT2D eigenvalue weighted by molar-refractivity contribution is -0.292. The van der Waals surface area contributed by atoms with Gasteiger partial charge in [0.1, 0.15) is 36.3 Å². The molecule has 12 rings (SSSR count). The molecule has 10 fully saturated rings. The second kappa shape index (κ2) is 18.4. The maximum Gasteiger partial charge on any atom is 0.261 e. The number of hydrogen-bond donors (Lipinski definition) is 0. The van der Waals surface area contributed by atoms with E-state index in [4.69, 9.17) is 47.1 Å². The molecule has 1 aromatic rings. The van der Waals surface area contributed by atoms with Crippen molar-refractivity contribution < 1.29 is 61.4 Å². The third-order valence-electron chi connectivity index (χ3n) is 18.2. The molecule has 11 aliphatic rings. The van der Waals surface area contributed by atoms with Crippen LogP contribution in [0.15, 0.2) is 48.6 Å². The van der Waals surface area contributed by atoms with E-state index < -0.39 is 44.6 Å². The molecule has 1 aromatic carbocycles. The lowest BCUT2D eigenvalue weighted by Crippen LogP contribution is -2.61. The highest BCUT2D eigenvalue weighted by Crippen LogP contribution is 2.55. The van der Waals surface area contributed by atoms with Crippen molar-refractivity contribution >= 4 is 25.9 Å². The van der Waals surface area contributed by atoms with E-state index in [1.165, 1.54) is 4.90 Å². The van der Waals surface area contributed by atoms with Crippen molar-refractivity contribution in [3.05, 3.63) is 59.7 Å². The summed E-state index contributed by atoms with van der Waals surface area (Å²) in [7, 11) is -0.776. The van der Waals surface area contributed by atoms with Crippen LogP contribution in [0.25, 0.3) is 0 Å². The summed E-state index contributed by atoms with van der Waals surface area (Å²) in [4.78, 5) is 43.6. The molecule has 10 saturated heterocycles. The number of Topliss-reactive ketones (excluding diaryl/α,β-unsaturated/α-hetero) is 1. The van der Waals surface area contributed by atoms with Crippen LogP contribution in [0.5, 0.6) is 0 Å². The molecule has 0 N–H and O–H groups in total. The Bertz CT molecular complexity index is 2160. The zero-order chi connectivity index (χ0) is 48.3. The third-order valence-corrected chi connectivity index (χ3v) is 22.8. The predicted molar refractivity (Wildman–Crippen MR) is 255 cm³/mol. The molecule has 2 amide bonds. The summed E-state index contributed by atoms with van der Waals surface area (Å²) in [5.74, 6) is -1.50. The quantitative estimate of drug-likeness (QED) is 0.149. The molecule has 6 unspecified atom stereocenters. The molecule has 15 heteroatoms. The van der Waals surface area contributed by atoms with E-state index in [1.54, 1.807) is 31.4 Å². The monoisotopic (exact) mass is 974 g/mol. The summed E-state index contributed by atoms with van der Waals surface area (Å²) < 4.78 is 68.8. The molecule has 0 saturated carbocycles. The van der Waals surface area contributed by atoms with Gasteiger partial charge in [-0.3, -0.25) is 19.3 Å². The summed E-state index contributed by atoms with van der Waals surface area (Å²) in [5, 5.41) is -0.153. The summed E-state index contributed by atoms with van der Waals surface area (Å²) in [5.41, 5.74) is 2.95. The highest BCUT2D eigenvalue weighted by Gasteiger charge is 2.69. The van der Waals surface area contributed by atoms with Crippen LogP contribution in [0.1, 0.15) is 132 Å². The van der Waals surface area contributed by atoms with E-state index in [9.17, 15) is 14.4 Å². The maximum absolute atomic E-state index is 14.7. The topological polar surface area (TPSA) is 147 Å². The van der Waals surface area contributed by atoms with Crippen molar-refractivity contribution in [3.8, 4) is 0 Å². The fourth-order valence-corrected chi connectivity index (χ4v) is 14.9. The largest absolute Gasteiger partial charge is 0.412 e. The SMILES string of the molecule is C=C1C[C@@H]2CC[C@@]34CC5O[C@H]6[C@@H](O3)[C@H]3OC(CC[C@@H]3O[C@H]6C5O4)CC(=O)C[C@H]3[C@H](CC4O[C@@H](CCC1O2)C[C@@H](C)C4=C)OC(C[C@@H](CN1C(=O)c2ccccc2C1=O)O[Si](C)(C)C(C)(C)C)[C@@H]3OC. The van der Waals surface area contributed by atoms with Gasteiger partial charge in [0.25, 0.3) is 11.8 Å². The first-order valence-corrected chi connectivity index (χ1v) is 29.1. The average molecular weight is 974 g/mol. The second-order valence-electron chi connectivity index (χ2n) is 23.8. The van der Waals surface area contributed by atoms with Crippen LogP contribution in [0.4, 0.5) is 0 Å². The van der Waals surface area contributed by atoms with Crippen LogP contribution in [0.2, 0.25) is 18.1 Å². The van der Waals surface area contributed by atoms with Crippen LogP contribution in [0, 0.1) is 11.8 Å². The van der Waals surface area contributed by atoms with Crippen LogP contribution >= 0.6 is 0 Å². The van der Waals surface area contributed by atoms with Gasteiger partial charge < -0.3 is 47.1 Å². The molecular weight excluding hydrogens is 899 g/mol. The highest BCUT2D eigenvalue weighted by molar-refractivity contribution is 6.74. The van der Waals surface area contributed by atoms with Gasteiger partial charge in [-0.2, -0.15) is 0 Å². The van der Waals surface area contributed by atoms with Gasteiger partial charge >= 0.3 is 0 Å². The molecule has 12 bridgehead atoms. The van der Waals surface area contributed by atoms with Crippen LogP contribution in [0.3, 0.4) is 0 Å². The Morgan fingerprint density at radius 3 is 2.17 bits per heavy atom. The standard InChI is InChI=1S/C54H75NO13Si/c1-28-20-32-14-16-39-29(2)21-34(60-39)18-19-54-26-44-47(66-54)48-49(65-44)50(67-54)46-40(64-48)17-15-33(62-46)22-31(56)23-38-42(25-41(61-32)30(28)3)63-43(45(38)59-7)24-35(68-69(8,9)53(4,5)6)27-55-51(57)36-12-10-11-13-37(36)52(55)58/h10-13,28,32-35,38-50H,2-3,14-27H2,1,4-9H3/t28-,32+,33?,34+,35+,38+,39?,40+,41?,42+,43?,44?,45-,46+,47?,48+,49-,50+,54+/m1/s1. The van der Waals surface area contributed by atoms with Crippen LogP contribution in [-0.2, 0) is 51.9 Å². The Balaban J connectivity index is 0.882. The van der Waals surface area contributed by atoms with Crippen molar-refractivity contribution in [3.63, 3.8) is 0 Å². The molecule has 0 radical (unpaired) electrons. The van der Waals surface area contributed by atoms with Gasteiger partial charge in [-0.1, -0.05) is 53.0 Å². The van der Waals surface area contributed by atoms with Crippen molar-refractivity contribution in [2.45, 2.75) is 233 Å². The summed E-state index contributed by atoms with van der Waals surface area (Å²) >= 11 is 0. The predicted octanol–water partition coefficient (Wildman–Crippen LogP) is 7.81. The number of nitrogens with zero attached hydrogens (tertiary/aromatic N) is 1. The van der Waals surface area contributed by atoms with E-state index in [0.29, 0.717) is 43.2 Å². The van der Waals surface area contributed by atoms with Gasteiger partial charge in [-0.05, 0) is 92.3 Å². The summed E-state index contributed by atoms with van der Waals surface area (Å²) in [6.45, 7) is 22.3. The Morgan fingerprint density at radius 1 is 0.754 bits per heavy atom. The number of ether oxygens (including phenoxy) is 9. The number of carbonyl (C=O) groups excluding carboxylic acids is 3. The number of ketones is 1. The van der Waals surface area contributed by atoms with Gasteiger partial charge in [-0.25, -0.2) is 0 Å². The van der Waals surface area contributed by atoms with Gasteiger partial charge in [0.2, 0.25) is 0 Å². The van der Waals surface area contributed by atoms with Gasteiger partial charge in [-0.15, -0.1) is 0 Å². The van der Waals surface area contributed by atoms with E-state index in [-0.39, 0.29) is 121 Å². The number of benzene rings is 1. The molecule has 11 aliphatic heterocycles. The normalized spacial score (nSPS) is 43.8. The number of amides is 2. The fraction of sp³-hybridized carbons (Fsp3) is 0.759. The molecule has 11 heterocycles. The number of carbonyl (C=O) groups is 3. The Morgan fingerprint density at radius 2 is 1.43 bits per heavy atom. The molecule has 1 spiro atoms. The van der Waals surface area contributed by atoms with Gasteiger partial charge in [0.05, 0.1) is 84.8 Å². The minimum atomic E-state index is -2.46. The number of hydrogen-bond acceptors (Lipinski definition) is 13. The van der Waals surface area contributed by atoms with E-state index in [1.807, 2.05) is 0 Å². The van der Waals surface area contributed by atoms with Crippen molar-refractivity contribution in [1.29, 1.82) is 0 Å². The van der Waals surface area contributed by atoms with E-state index >= 15 is 0 Å². The third kappa shape index (κ3) is 8.93. The van der Waals surface area contributed by atoms with E-state index in [0.717, 1.165) is 49.7 Å². The van der Waals surface area contributed by atoms with Crippen LogP contribution < -0.4 is 0 Å². The molecule has 69 heavy (non-hydrogen) atoms. The Kier molecular flexibility index (Phi) is 12.9. The zero-order valence-corrected chi connectivity index (χ0v) is 42.8. The smallest absolute Gasteiger partial charge is 0.261 e. The Hall–Kier alpha value is -2.67. The highest BCUT2D eigenvalue weighted by atomic mass is 28.4. The average Bonchev–Trinajstić information content (AvgIpc) is 4.03. The Labute approximate surface area is 408 Å². The van der Waals surface area contributed by atoms with Crippen molar-refractivity contribution in [2.24, 2.45) is 11.8 Å². The molecule has 0 aromatic heterocycles. The summed E-state index contributed by atoms with van der Waals surface area (Å²) in [6.07, 6.45) is 3.69. The number of rotatable bonds is 7. The zero-order valence-electron chi connectivity index (χ0n) is 41.8. The summed E-state index contributed by atoms with van der Waals surface area (Å²) in [6, 6.07) is 6.97.